The van der Waals surface area contributed by atoms with Crippen LogP contribution in [-0.2, 0) is 16.6 Å². The van der Waals surface area contributed by atoms with Gasteiger partial charge in [-0.2, -0.15) is 0 Å². The largest absolute Gasteiger partial charge is 0.493 e. The maximum absolute atomic E-state index is 13.6. The van der Waals surface area contributed by atoms with E-state index in [1.165, 1.54) is 18.5 Å². The molecule has 2 aromatic carbocycles. The molecule has 10 heteroatoms. The van der Waals surface area contributed by atoms with E-state index in [1.807, 2.05) is 0 Å². The topological polar surface area (TPSA) is 79.4 Å². The third-order valence-corrected chi connectivity index (χ3v) is 7.13. The lowest BCUT2D eigenvalue weighted by Gasteiger charge is -2.35. The first-order chi connectivity index (χ1) is 15.7. The third kappa shape index (κ3) is 5.90. The maximum atomic E-state index is 13.6. The summed E-state index contributed by atoms with van der Waals surface area (Å²) in [5.74, 6) is 0.452. The van der Waals surface area contributed by atoms with Crippen LogP contribution in [-0.4, -0.2) is 77.3 Å². The van der Waals surface area contributed by atoms with E-state index in [9.17, 15) is 13.2 Å². The fourth-order valence-electron chi connectivity index (χ4n) is 3.82. The molecule has 1 fully saturated rings. The lowest BCUT2D eigenvalue weighted by Crippen LogP contribution is -2.48. The summed E-state index contributed by atoms with van der Waals surface area (Å²) in [6.45, 7) is 5.72. The molecule has 1 saturated heterocycles. The van der Waals surface area contributed by atoms with Gasteiger partial charge in [-0.15, -0.1) is 0 Å². The number of ether oxygens (including phenoxy) is 2. The number of benzene rings is 2. The van der Waals surface area contributed by atoms with Crippen molar-refractivity contribution in [2.24, 2.45) is 0 Å². The fourth-order valence-corrected chi connectivity index (χ4v) is 4.84. The van der Waals surface area contributed by atoms with E-state index in [0.717, 1.165) is 31.5 Å². The molecule has 1 amide bonds. The van der Waals surface area contributed by atoms with Crippen LogP contribution in [0.3, 0.4) is 0 Å². The monoisotopic (exact) mass is 495 g/mol. The Hall–Kier alpha value is -2.49. The smallest absolute Gasteiger partial charge is 0.256 e. The molecule has 0 aliphatic carbocycles. The Morgan fingerprint density at radius 3 is 2.12 bits per heavy atom. The molecule has 180 valence electrons. The lowest BCUT2D eigenvalue weighted by atomic mass is 10.1. The quantitative estimate of drug-likeness (QED) is 0.560. The molecule has 0 bridgehead atoms. The molecule has 0 radical (unpaired) electrons. The minimum atomic E-state index is -3.75. The lowest BCUT2D eigenvalue weighted by molar-refractivity contribution is 0.0643. The van der Waals surface area contributed by atoms with E-state index in [2.05, 4.69) is 11.8 Å². The highest BCUT2D eigenvalue weighted by molar-refractivity contribution is 7.92. The van der Waals surface area contributed by atoms with Crippen LogP contribution in [0.25, 0.3) is 0 Å². The number of piperazine rings is 1. The molecule has 0 saturated carbocycles. The standard InChI is InChI=1S/C23H30ClN3O5S/c1-5-25-10-12-26(13-11-25)23(28)19-14-21(31-2)22(32-3)15-20(19)27(33(4,29)30)16-17-6-8-18(24)9-7-17/h6-9,14-15H,5,10-13,16H2,1-4H3. The summed E-state index contributed by atoms with van der Waals surface area (Å²) in [7, 11) is -0.796. The summed E-state index contributed by atoms with van der Waals surface area (Å²) in [4.78, 5) is 17.6. The van der Waals surface area contributed by atoms with Crippen LogP contribution in [0.2, 0.25) is 5.02 Å². The van der Waals surface area contributed by atoms with Crippen molar-refractivity contribution in [3.05, 3.63) is 52.5 Å². The minimum Gasteiger partial charge on any atom is -0.493 e. The van der Waals surface area contributed by atoms with Crippen LogP contribution in [0.5, 0.6) is 11.5 Å². The average Bonchev–Trinajstić information content (AvgIpc) is 2.81. The summed E-state index contributed by atoms with van der Waals surface area (Å²) in [6, 6.07) is 10.0. The number of hydrogen-bond donors (Lipinski definition) is 0. The van der Waals surface area contributed by atoms with Gasteiger partial charge in [-0.3, -0.25) is 9.10 Å². The Labute approximate surface area is 200 Å². The van der Waals surface area contributed by atoms with Gasteiger partial charge in [0.1, 0.15) is 0 Å². The molecule has 2 aromatic rings. The number of anilines is 1. The number of nitrogens with zero attached hydrogens (tertiary/aromatic N) is 3. The van der Waals surface area contributed by atoms with Crippen molar-refractivity contribution < 1.29 is 22.7 Å². The molecule has 0 unspecified atom stereocenters. The zero-order chi connectivity index (χ0) is 24.2. The molecule has 0 atom stereocenters. The van der Waals surface area contributed by atoms with Crippen LogP contribution < -0.4 is 13.8 Å². The Morgan fingerprint density at radius 2 is 1.61 bits per heavy atom. The van der Waals surface area contributed by atoms with Gasteiger partial charge in [0.2, 0.25) is 10.0 Å². The minimum absolute atomic E-state index is 0.0371. The molecular weight excluding hydrogens is 466 g/mol. The molecule has 33 heavy (non-hydrogen) atoms. The SMILES string of the molecule is CCN1CCN(C(=O)c2cc(OC)c(OC)cc2N(Cc2ccc(Cl)cc2)S(C)(=O)=O)CC1. The molecule has 8 nitrogen and oxygen atoms in total. The summed E-state index contributed by atoms with van der Waals surface area (Å²) >= 11 is 5.99. The van der Waals surface area contributed by atoms with Gasteiger partial charge >= 0.3 is 0 Å². The van der Waals surface area contributed by atoms with Crippen LogP contribution >= 0.6 is 11.6 Å². The van der Waals surface area contributed by atoms with Crippen LogP contribution in [0.4, 0.5) is 5.69 Å². The van der Waals surface area contributed by atoms with Gasteiger partial charge in [0.15, 0.2) is 11.5 Å². The number of hydrogen-bond acceptors (Lipinski definition) is 6. The highest BCUT2D eigenvalue weighted by atomic mass is 35.5. The Morgan fingerprint density at radius 1 is 1.03 bits per heavy atom. The van der Waals surface area contributed by atoms with Crippen molar-refractivity contribution >= 4 is 33.2 Å². The van der Waals surface area contributed by atoms with Crippen molar-refractivity contribution in [2.45, 2.75) is 13.5 Å². The second-order valence-electron chi connectivity index (χ2n) is 7.85. The van der Waals surface area contributed by atoms with Gasteiger partial charge in [0.25, 0.3) is 5.91 Å². The maximum Gasteiger partial charge on any atom is 0.256 e. The molecular formula is C23H30ClN3O5S. The zero-order valence-electron chi connectivity index (χ0n) is 19.4. The Kier molecular flexibility index (Phi) is 8.10. The third-order valence-electron chi connectivity index (χ3n) is 5.75. The highest BCUT2D eigenvalue weighted by Crippen LogP contribution is 2.37. The van der Waals surface area contributed by atoms with E-state index in [0.29, 0.717) is 29.6 Å². The summed E-state index contributed by atoms with van der Waals surface area (Å²) in [6.07, 6.45) is 1.12. The number of carbonyl (C=O) groups excluding carboxylic acids is 1. The highest BCUT2D eigenvalue weighted by Gasteiger charge is 2.30. The summed E-state index contributed by atoms with van der Waals surface area (Å²) in [5.41, 5.74) is 1.22. The number of sulfonamides is 1. The van der Waals surface area contributed by atoms with Crippen molar-refractivity contribution in [3.8, 4) is 11.5 Å². The normalized spacial score (nSPS) is 14.8. The Bertz CT molecular complexity index is 1080. The van der Waals surface area contributed by atoms with Crippen LogP contribution in [0.15, 0.2) is 36.4 Å². The Balaban J connectivity index is 2.08. The van der Waals surface area contributed by atoms with E-state index in [1.54, 1.807) is 41.3 Å². The number of halogens is 1. The predicted molar refractivity (Wildman–Crippen MR) is 130 cm³/mol. The molecule has 1 heterocycles. The number of amides is 1. The van der Waals surface area contributed by atoms with Crippen molar-refractivity contribution in [2.75, 3.05) is 57.5 Å². The molecule has 3 rings (SSSR count). The number of methoxy groups -OCH3 is 2. The first-order valence-electron chi connectivity index (χ1n) is 10.7. The van der Waals surface area contributed by atoms with Crippen molar-refractivity contribution in [3.63, 3.8) is 0 Å². The van der Waals surface area contributed by atoms with Crippen molar-refractivity contribution in [1.29, 1.82) is 0 Å². The summed E-state index contributed by atoms with van der Waals surface area (Å²) in [5, 5.41) is 0.554. The van der Waals surface area contributed by atoms with Gasteiger partial charge < -0.3 is 19.3 Å². The van der Waals surface area contributed by atoms with Gasteiger partial charge in [-0.05, 0) is 30.3 Å². The molecule has 1 aliphatic heterocycles. The first kappa shape index (κ1) is 25.1. The van der Waals surface area contributed by atoms with E-state index in [4.69, 9.17) is 21.1 Å². The van der Waals surface area contributed by atoms with Crippen LogP contribution in [0, 0.1) is 0 Å². The zero-order valence-corrected chi connectivity index (χ0v) is 20.9. The summed E-state index contributed by atoms with van der Waals surface area (Å²) < 4.78 is 37.8. The molecule has 0 spiro atoms. The van der Waals surface area contributed by atoms with Gasteiger partial charge in [0, 0.05) is 37.3 Å². The fraction of sp³-hybridized carbons (Fsp3) is 0.435. The molecule has 1 aliphatic rings. The van der Waals surface area contributed by atoms with E-state index in [-0.39, 0.29) is 23.7 Å². The number of carbonyl (C=O) groups is 1. The van der Waals surface area contributed by atoms with Crippen LogP contribution in [0.1, 0.15) is 22.8 Å². The molecule has 0 aromatic heterocycles. The van der Waals surface area contributed by atoms with E-state index >= 15 is 0 Å². The average molecular weight is 496 g/mol. The number of likely N-dealkylation sites (N-methyl/N-ethyl adjacent to an activating group) is 1. The first-order valence-corrected chi connectivity index (χ1v) is 12.9. The van der Waals surface area contributed by atoms with E-state index < -0.39 is 10.0 Å². The second-order valence-corrected chi connectivity index (χ2v) is 10.2. The van der Waals surface area contributed by atoms with Gasteiger partial charge in [-0.1, -0.05) is 30.7 Å². The van der Waals surface area contributed by atoms with Crippen molar-refractivity contribution in [1.82, 2.24) is 9.80 Å². The number of rotatable bonds is 8. The molecule has 0 N–H and O–H groups in total. The predicted octanol–water partition coefficient (Wildman–Crippen LogP) is 3.10. The second kappa shape index (κ2) is 10.6. The van der Waals surface area contributed by atoms with Gasteiger partial charge in [0.05, 0.1) is 38.3 Å². The van der Waals surface area contributed by atoms with Gasteiger partial charge in [-0.25, -0.2) is 8.42 Å².